The Morgan fingerprint density at radius 3 is 2.34 bits per heavy atom. The number of methoxy groups -OCH3 is 2. The summed E-state index contributed by atoms with van der Waals surface area (Å²) in [7, 11) is 3.17. The fourth-order valence-electron chi connectivity index (χ4n) is 3.26. The molecule has 3 rings (SSSR count). The first kappa shape index (κ1) is 21.2. The molecule has 5 nitrogen and oxygen atoms in total. The van der Waals surface area contributed by atoms with Crippen molar-refractivity contribution >= 4 is 51.7 Å². The van der Waals surface area contributed by atoms with Gasteiger partial charge in [-0.3, -0.25) is 9.69 Å². The van der Waals surface area contributed by atoms with Crippen LogP contribution in [-0.4, -0.2) is 37.5 Å². The lowest BCUT2D eigenvalue weighted by Gasteiger charge is -2.22. The monoisotopic (exact) mass is 428 g/mol. The van der Waals surface area contributed by atoms with E-state index in [1.807, 2.05) is 42.5 Å². The first-order valence-electron chi connectivity index (χ1n) is 9.38. The lowest BCUT2D eigenvalue weighted by atomic mass is 10.1. The zero-order valence-electron chi connectivity index (χ0n) is 17.0. The molecular weight excluding hydrogens is 404 g/mol. The van der Waals surface area contributed by atoms with Crippen molar-refractivity contribution in [1.82, 2.24) is 0 Å². The zero-order valence-corrected chi connectivity index (χ0v) is 18.6. The van der Waals surface area contributed by atoms with E-state index >= 15 is 0 Å². The molecule has 0 radical (unpaired) electrons. The molecule has 0 aromatic heterocycles. The van der Waals surface area contributed by atoms with E-state index in [9.17, 15) is 4.79 Å². The molecule has 1 aliphatic heterocycles. The van der Waals surface area contributed by atoms with Gasteiger partial charge in [0.15, 0.2) is 15.8 Å². The molecule has 0 atom stereocenters. The lowest BCUT2D eigenvalue weighted by Crippen LogP contribution is -2.27. The number of amides is 1. The van der Waals surface area contributed by atoms with Crippen LogP contribution in [0.25, 0.3) is 6.08 Å². The molecule has 2 aromatic carbocycles. The van der Waals surface area contributed by atoms with Crippen molar-refractivity contribution in [1.29, 1.82) is 0 Å². The van der Waals surface area contributed by atoms with E-state index < -0.39 is 0 Å². The highest BCUT2D eigenvalue weighted by Gasteiger charge is 2.33. The molecule has 0 spiro atoms. The standard InChI is InChI=1S/C22H24N2O3S2/c1-5-23(6-2)16-10-12-17(13-11-16)24-21(25)19(29-22(24)28)14-15-8-7-9-18(26-3)20(15)27-4/h7-14H,5-6H2,1-4H3. The number of carbonyl (C=O) groups is 1. The number of rotatable bonds is 7. The van der Waals surface area contributed by atoms with Gasteiger partial charge in [-0.25, -0.2) is 0 Å². The number of hydrogen-bond acceptors (Lipinski definition) is 6. The molecule has 29 heavy (non-hydrogen) atoms. The summed E-state index contributed by atoms with van der Waals surface area (Å²) in [4.78, 5) is 17.5. The van der Waals surface area contributed by atoms with Gasteiger partial charge >= 0.3 is 0 Å². The summed E-state index contributed by atoms with van der Waals surface area (Å²) in [6.07, 6.45) is 1.80. The number of hydrogen-bond donors (Lipinski definition) is 0. The summed E-state index contributed by atoms with van der Waals surface area (Å²) >= 11 is 6.78. The average molecular weight is 429 g/mol. The molecule has 1 saturated heterocycles. The van der Waals surface area contributed by atoms with E-state index in [4.69, 9.17) is 21.7 Å². The molecular formula is C22H24N2O3S2. The molecule has 152 valence electrons. The topological polar surface area (TPSA) is 42.0 Å². The highest BCUT2D eigenvalue weighted by Crippen LogP contribution is 2.39. The predicted octanol–water partition coefficient (Wildman–Crippen LogP) is 4.96. The fourth-order valence-corrected chi connectivity index (χ4v) is 4.55. The maximum atomic E-state index is 13.1. The van der Waals surface area contributed by atoms with E-state index in [1.165, 1.54) is 11.8 Å². The van der Waals surface area contributed by atoms with E-state index in [0.29, 0.717) is 20.7 Å². The summed E-state index contributed by atoms with van der Waals surface area (Å²) in [5, 5.41) is 0. The minimum Gasteiger partial charge on any atom is -0.493 e. The third-order valence-electron chi connectivity index (χ3n) is 4.75. The first-order chi connectivity index (χ1) is 14.0. The van der Waals surface area contributed by atoms with Gasteiger partial charge in [0.2, 0.25) is 0 Å². The molecule has 1 heterocycles. The van der Waals surface area contributed by atoms with Crippen molar-refractivity contribution < 1.29 is 14.3 Å². The fraction of sp³-hybridized carbons (Fsp3) is 0.273. The smallest absolute Gasteiger partial charge is 0.270 e. The van der Waals surface area contributed by atoms with Crippen molar-refractivity contribution in [3.05, 3.63) is 52.9 Å². The Bertz CT molecular complexity index is 938. The van der Waals surface area contributed by atoms with Crippen LogP contribution in [0, 0.1) is 0 Å². The van der Waals surface area contributed by atoms with Gasteiger partial charge in [0.1, 0.15) is 0 Å². The van der Waals surface area contributed by atoms with Crippen LogP contribution >= 0.6 is 24.0 Å². The summed E-state index contributed by atoms with van der Waals surface area (Å²) in [6.45, 7) is 6.11. The molecule has 1 aliphatic rings. The van der Waals surface area contributed by atoms with Gasteiger partial charge < -0.3 is 14.4 Å². The minimum atomic E-state index is -0.138. The second-order valence-corrected chi connectivity index (χ2v) is 7.96. The van der Waals surface area contributed by atoms with Crippen LogP contribution in [0.15, 0.2) is 47.4 Å². The number of carbonyl (C=O) groups excluding carboxylic acids is 1. The first-order valence-corrected chi connectivity index (χ1v) is 10.6. The minimum absolute atomic E-state index is 0.138. The second kappa shape index (κ2) is 9.33. The van der Waals surface area contributed by atoms with Crippen LogP contribution in [0.5, 0.6) is 11.5 Å². The number of nitrogens with zero attached hydrogens (tertiary/aromatic N) is 2. The average Bonchev–Trinajstić information content (AvgIpc) is 3.02. The third-order valence-corrected chi connectivity index (χ3v) is 6.05. The Hall–Kier alpha value is -2.51. The molecule has 1 amide bonds. The molecule has 0 bridgehead atoms. The van der Waals surface area contributed by atoms with E-state index in [0.717, 1.165) is 30.0 Å². The van der Waals surface area contributed by atoms with Crippen molar-refractivity contribution in [3.8, 4) is 11.5 Å². The largest absolute Gasteiger partial charge is 0.493 e. The van der Waals surface area contributed by atoms with Gasteiger partial charge in [-0.1, -0.05) is 36.1 Å². The van der Waals surface area contributed by atoms with Gasteiger partial charge in [-0.15, -0.1) is 0 Å². The molecule has 0 saturated carbocycles. The quantitative estimate of drug-likeness (QED) is 0.459. The van der Waals surface area contributed by atoms with Crippen molar-refractivity contribution in [2.24, 2.45) is 0 Å². The summed E-state index contributed by atoms with van der Waals surface area (Å²) < 4.78 is 11.3. The maximum absolute atomic E-state index is 13.1. The number of para-hydroxylation sites is 1. The Labute approximate surface area is 181 Å². The van der Waals surface area contributed by atoms with Gasteiger partial charge in [0.05, 0.1) is 24.8 Å². The van der Waals surface area contributed by atoms with Crippen LogP contribution in [0.4, 0.5) is 11.4 Å². The van der Waals surface area contributed by atoms with Crippen LogP contribution in [0.1, 0.15) is 19.4 Å². The Balaban J connectivity index is 1.90. The summed E-state index contributed by atoms with van der Waals surface area (Å²) in [5.41, 5.74) is 2.66. The summed E-state index contributed by atoms with van der Waals surface area (Å²) in [5.74, 6) is 1.06. The van der Waals surface area contributed by atoms with Gasteiger partial charge in [0, 0.05) is 24.3 Å². The summed E-state index contributed by atoms with van der Waals surface area (Å²) in [6, 6.07) is 13.5. The Kier molecular flexibility index (Phi) is 6.82. The van der Waals surface area contributed by atoms with E-state index in [-0.39, 0.29) is 5.91 Å². The normalized spacial score (nSPS) is 15.2. The molecule has 7 heteroatoms. The van der Waals surface area contributed by atoms with Crippen LogP contribution in [0.2, 0.25) is 0 Å². The lowest BCUT2D eigenvalue weighted by molar-refractivity contribution is -0.113. The molecule has 2 aromatic rings. The molecule has 0 aliphatic carbocycles. The Morgan fingerprint density at radius 1 is 1.07 bits per heavy atom. The van der Waals surface area contributed by atoms with E-state index in [2.05, 4.69) is 18.7 Å². The van der Waals surface area contributed by atoms with E-state index in [1.54, 1.807) is 25.2 Å². The SMILES string of the molecule is CCN(CC)c1ccc(N2C(=O)C(=Cc3cccc(OC)c3OC)SC2=S)cc1. The van der Waals surface area contributed by atoms with Crippen LogP contribution in [-0.2, 0) is 4.79 Å². The van der Waals surface area contributed by atoms with Gasteiger partial charge in [-0.05, 0) is 50.3 Å². The van der Waals surface area contributed by atoms with Crippen LogP contribution in [0.3, 0.4) is 0 Å². The van der Waals surface area contributed by atoms with Crippen molar-refractivity contribution in [3.63, 3.8) is 0 Å². The Morgan fingerprint density at radius 2 is 1.76 bits per heavy atom. The number of ether oxygens (including phenoxy) is 2. The van der Waals surface area contributed by atoms with Gasteiger partial charge in [0.25, 0.3) is 5.91 Å². The van der Waals surface area contributed by atoms with Crippen LogP contribution < -0.4 is 19.3 Å². The number of benzene rings is 2. The number of anilines is 2. The van der Waals surface area contributed by atoms with Crippen molar-refractivity contribution in [2.45, 2.75) is 13.8 Å². The maximum Gasteiger partial charge on any atom is 0.270 e. The third kappa shape index (κ3) is 4.26. The molecule has 1 fully saturated rings. The predicted molar refractivity (Wildman–Crippen MR) is 125 cm³/mol. The highest BCUT2D eigenvalue weighted by atomic mass is 32.2. The highest BCUT2D eigenvalue weighted by molar-refractivity contribution is 8.27. The van der Waals surface area contributed by atoms with Crippen molar-refractivity contribution in [2.75, 3.05) is 37.1 Å². The number of thioether (sulfide) groups is 1. The zero-order chi connectivity index (χ0) is 21.0. The molecule has 0 unspecified atom stereocenters. The molecule has 0 N–H and O–H groups in total. The second-order valence-electron chi connectivity index (χ2n) is 6.29. The van der Waals surface area contributed by atoms with Gasteiger partial charge in [-0.2, -0.15) is 0 Å². The number of thiocarbonyl (C=S) groups is 1.